The van der Waals surface area contributed by atoms with Crippen molar-refractivity contribution in [1.82, 2.24) is 0 Å². The Bertz CT molecular complexity index is 248. The second-order valence-corrected chi connectivity index (χ2v) is 9.67. The first-order chi connectivity index (χ1) is 9.56. The number of rotatable bonds is 10. The summed E-state index contributed by atoms with van der Waals surface area (Å²) >= 11 is 11.3. The SMILES string of the molecule is CC(O)C(C)CC(S)C(C)SC(C)C(S)CC(C)C(C)O. The Morgan fingerprint density at radius 1 is 0.714 bits per heavy atom. The van der Waals surface area contributed by atoms with Gasteiger partial charge in [-0.2, -0.15) is 37.0 Å². The van der Waals surface area contributed by atoms with E-state index < -0.39 is 0 Å². The molecule has 0 aliphatic heterocycles. The van der Waals surface area contributed by atoms with E-state index in [1.165, 1.54) is 0 Å². The first kappa shape index (κ1) is 22.0. The fourth-order valence-corrected chi connectivity index (χ4v) is 4.41. The van der Waals surface area contributed by atoms with Crippen LogP contribution in [0.15, 0.2) is 0 Å². The minimum atomic E-state index is -0.279. The molecule has 21 heavy (non-hydrogen) atoms. The summed E-state index contributed by atoms with van der Waals surface area (Å²) in [6, 6.07) is 0. The quantitative estimate of drug-likeness (QED) is 0.450. The van der Waals surface area contributed by atoms with Crippen molar-refractivity contribution in [3.63, 3.8) is 0 Å². The molecule has 5 heteroatoms. The summed E-state index contributed by atoms with van der Waals surface area (Å²) in [4.78, 5) is 0. The van der Waals surface area contributed by atoms with Gasteiger partial charge in [-0.05, 0) is 38.5 Å². The Kier molecular flexibility index (Phi) is 11.2. The highest BCUT2D eigenvalue weighted by Gasteiger charge is 2.25. The fourth-order valence-electron chi connectivity index (χ4n) is 2.06. The summed E-state index contributed by atoms with van der Waals surface area (Å²) in [5.74, 6) is 0.542. The van der Waals surface area contributed by atoms with Gasteiger partial charge >= 0.3 is 0 Å². The third-order valence-electron chi connectivity index (χ3n) is 4.39. The second kappa shape index (κ2) is 10.7. The maximum Gasteiger partial charge on any atom is 0.0538 e. The summed E-state index contributed by atoms with van der Waals surface area (Å²) in [5.41, 5.74) is 0. The lowest BCUT2D eigenvalue weighted by Gasteiger charge is -2.29. The molecular formula is C16H34O2S3. The van der Waals surface area contributed by atoms with Crippen LogP contribution in [0, 0.1) is 11.8 Å². The summed E-state index contributed by atoms with van der Waals surface area (Å²) in [6.45, 7) is 12.2. The maximum atomic E-state index is 9.60. The molecule has 0 amide bonds. The van der Waals surface area contributed by atoms with Gasteiger partial charge in [0.1, 0.15) is 0 Å². The molecule has 0 aromatic heterocycles. The molecule has 0 spiro atoms. The van der Waals surface area contributed by atoms with Crippen molar-refractivity contribution < 1.29 is 10.2 Å². The lowest BCUT2D eigenvalue weighted by atomic mass is 9.99. The average molecular weight is 355 g/mol. The molecule has 0 rings (SSSR count). The minimum Gasteiger partial charge on any atom is -0.393 e. The maximum absolute atomic E-state index is 9.60. The Balaban J connectivity index is 4.26. The van der Waals surface area contributed by atoms with Crippen molar-refractivity contribution in [1.29, 1.82) is 0 Å². The Hall–Kier alpha value is 0.970. The van der Waals surface area contributed by atoms with Crippen molar-refractivity contribution in [2.45, 2.75) is 87.6 Å². The highest BCUT2D eigenvalue weighted by molar-refractivity contribution is 8.02. The van der Waals surface area contributed by atoms with E-state index in [2.05, 4.69) is 27.7 Å². The van der Waals surface area contributed by atoms with Crippen molar-refractivity contribution >= 4 is 37.0 Å². The molecule has 0 saturated heterocycles. The van der Waals surface area contributed by atoms with Crippen molar-refractivity contribution in [2.75, 3.05) is 0 Å². The van der Waals surface area contributed by atoms with Crippen LogP contribution in [0.1, 0.15) is 54.4 Å². The molecule has 0 fully saturated rings. The molecule has 2 N–H and O–H groups in total. The van der Waals surface area contributed by atoms with Gasteiger partial charge in [0, 0.05) is 21.0 Å². The van der Waals surface area contributed by atoms with Gasteiger partial charge in [-0.15, -0.1) is 0 Å². The molecule has 128 valence electrons. The van der Waals surface area contributed by atoms with Gasteiger partial charge < -0.3 is 10.2 Å². The zero-order chi connectivity index (χ0) is 16.7. The summed E-state index contributed by atoms with van der Waals surface area (Å²) in [6.07, 6.45) is 1.28. The zero-order valence-corrected chi connectivity index (χ0v) is 16.8. The van der Waals surface area contributed by atoms with E-state index in [0.29, 0.717) is 10.5 Å². The molecular weight excluding hydrogens is 320 g/mol. The first-order valence-electron chi connectivity index (χ1n) is 7.93. The number of thiol groups is 2. The van der Waals surface area contributed by atoms with Crippen LogP contribution in [0.3, 0.4) is 0 Å². The molecule has 8 unspecified atom stereocenters. The van der Waals surface area contributed by atoms with Gasteiger partial charge in [-0.3, -0.25) is 0 Å². The predicted molar refractivity (Wildman–Crippen MR) is 103 cm³/mol. The molecule has 0 aromatic carbocycles. The number of aliphatic hydroxyl groups is 2. The number of thioether (sulfide) groups is 1. The Labute approximate surface area is 146 Å². The van der Waals surface area contributed by atoms with E-state index >= 15 is 0 Å². The molecule has 8 atom stereocenters. The van der Waals surface area contributed by atoms with E-state index in [4.69, 9.17) is 25.3 Å². The van der Waals surface area contributed by atoms with Gasteiger partial charge in [-0.1, -0.05) is 27.7 Å². The van der Waals surface area contributed by atoms with E-state index in [1.54, 1.807) is 0 Å². The van der Waals surface area contributed by atoms with E-state index in [0.717, 1.165) is 12.8 Å². The van der Waals surface area contributed by atoms with E-state index in [1.807, 2.05) is 25.6 Å². The third-order valence-corrected chi connectivity index (χ3v) is 7.62. The standard InChI is InChI=1S/C16H34O2S3/c1-9(11(3)17)7-15(19)13(5)21-14(6)16(20)8-10(2)12(4)18/h9-20H,7-8H2,1-6H3. The van der Waals surface area contributed by atoms with Gasteiger partial charge in [0.25, 0.3) is 0 Å². The van der Waals surface area contributed by atoms with Crippen LogP contribution in [-0.4, -0.2) is 43.4 Å². The average Bonchev–Trinajstić information content (AvgIpc) is 2.37. The summed E-state index contributed by atoms with van der Waals surface area (Å²) in [5, 5.41) is 20.6. The van der Waals surface area contributed by atoms with Crippen molar-refractivity contribution in [3.05, 3.63) is 0 Å². The van der Waals surface area contributed by atoms with Gasteiger partial charge in [-0.25, -0.2) is 0 Å². The highest BCUT2D eigenvalue weighted by Crippen LogP contribution is 2.32. The van der Waals surface area contributed by atoms with Gasteiger partial charge in [0.2, 0.25) is 0 Å². The van der Waals surface area contributed by atoms with Crippen molar-refractivity contribution in [2.24, 2.45) is 11.8 Å². The number of hydrogen-bond acceptors (Lipinski definition) is 5. The first-order valence-corrected chi connectivity index (χ1v) is 9.91. The molecule has 0 aliphatic carbocycles. The molecule has 0 radical (unpaired) electrons. The monoisotopic (exact) mass is 354 g/mol. The van der Waals surface area contributed by atoms with Crippen LogP contribution in [-0.2, 0) is 0 Å². The van der Waals surface area contributed by atoms with Gasteiger partial charge in [0.15, 0.2) is 0 Å². The number of hydrogen-bond donors (Lipinski definition) is 4. The third kappa shape index (κ3) is 8.99. The highest BCUT2D eigenvalue weighted by atomic mass is 32.2. The minimum absolute atomic E-state index is 0.271. The lowest BCUT2D eigenvalue weighted by Crippen LogP contribution is -2.28. The lowest BCUT2D eigenvalue weighted by molar-refractivity contribution is 0.130. The zero-order valence-electron chi connectivity index (χ0n) is 14.2. The van der Waals surface area contributed by atoms with Crippen LogP contribution >= 0.6 is 37.0 Å². The number of aliphatic hydroxyl groups excluding tert-OH is 2. The van der Waals surface area contributed by atoms with Crippen LogP contribution in [0.2, 0.25) is 0 Å². The molecule has 0 heterocycles. The van der Waals surface area contributed by atoms with Crippen LogP contribution in [0.25, 0.3) is 0 Å². The fraction of sp³-hybridized carbons (Fsp3) is 1.00. The Morgan fingerprint density at radius 3 is 1.24 bits per heavy atom. The second-order valence-electron chi connectivity index (χ2n) is 6.59. The topological polar surface area (TPSA) is 40.5 Å². The predicted octanol–water partition coefficient (Wildman–Crippen LogP) is 3.91. The van der Waals surface area contributed by atoms with Gasteiger partial charge in [0.05, 0.1) is 12.2 Å². The molecule has 0 saturated carbocycles. The van der Waals surface area contributed by atoms with E-state index in [-0.39, 0.29) is 34.5 Å². The summed E-state index contributed by atoms with van der Waals surface area (Å²) in [7, 11) is 0. The van der Waals surface area contributed by atoms with Crippen LogP contribution in [0.4, 0.5) is 0 Å². The summed E-state index contributed by atoms with van der Waals surface area (Å²) < 4.78 is 0. The smallest absolute Gasteiger partial charge is 0.0538 e. The normalized spacial score (nSPS) is 23.7. The van der Waals surface area contributed by atoms with Crippen LogP contribution in [0.5, 0.6) is 0 Å². The van der Waals surface area contributed by atoms with Crippen LogP contribution < -0.4 is 0 Å². The van der Waals surface area contributed by atoms with Crippen molar-refractivity contribution in [3.8, 4) is 0 Å². The molecule has 0 bridgehead atoms. The molecule has 2 nitrogen and oxygen atoms in total. The van der Waals surface area contributed by atoms with E-state index in [9.17, 15) is 10.2 Å². The molecule has 0 aromatic rings. The Morgan fingerprint density at radius 2 is 1.00 bits per heavy atom. The largest absolute Gasteiger partial charge is 0.393 e. The molecule has 0 aliphatic rings.